The predicted molar refractivity (Wildman–Crippen MR) is 117 cm³/mol. The topological polar surface area (TPSA) is 119 Å². The standard InChI is InChI=1S/C22H23FN6O2/c1-11-15(16-10-29(3)21-18(16)20(24)26-12(2)27-21)7-8-17(25-11)28-22(31)19(30)13-5-4-6-14(23)9-13/h5,7-10,19,30H,4,6H2,1-3H3,(H2,24,26,27)(H,25,28,31). The normalized spacial score (nSPS) is 14.9. The lowest BCUT2D eigenvalue weighted by molar-refractivity contribution is -0.122. The number of hydrogen-bond donors (Lipinski definition) is 3. The Labute approximate surface area is 178 Å². The van der Waals surface area contributed by atoms with E-state index in [9.17, 15) is 14.3 Å². The first-order valence-electron chi connectivity index (χ1n) is 9.87. The molecule has 0 spiro atoms. The van der Waals surface area contributed by atoms with E-state index in [2.05, 4.69) is 20.3 Å². The molecule has 1 atom stereocenters. The minimum atomic E-state index is -1.47. The summed E-state index contributed by atoms with van der Waals surface area (Å²) in [6.45, 7) is 3.60. The molecule has 0 radical (unpaired) electrons. The van der Waals surface area contributed by atoms with Gasteiger partial charge in [-0.05, 0) is 44.1 Å². The van der Waals surface area contributed by atoms with E-state index in [4.69, 9.17) is 5.73 Å². The number of nitrogens with one attached hydrogen (secondary N) is 1. The van der Waals surface area contributed by atoms with Crippen LogP contribution in [-0.4, -0.2) is 36.6 Å². The van der Waals surface area contributed by atoms with Gasteiger partial charge in [-0.25, -0.2) is 19.3 Å². The monoisotopic (exact) mass is 422 g/mol. The molecule has 0 aromatic carbocycles. The molecule has 0 aliphatic heterocycles. The second-order valence-corrected chi connectivity index (χ2v) is 7.56. The molecule has 3 aromatic heterocycles. The Morgan fingerprint density at radius 2 is 2.03 bits per heavy atom. The SMILES string of the molecule is Cc1nc(N)c2c(-c3ccc(NC(=O)C(O)C4=CCCC(F)=C4)nc3C)cn(C)c2n1. The summed E-state index contributed by atoms with van der Waals surface area (Å²) in [5, 5.41) is 13.6. The van der Waals surface area contributed by atoms with E-state index in [1.165, 1.54) is 6.08 Å². The highest BCUT2D eigenvalue weighted by Gasteiger charge is 2.22. The van der Waals surface area contributed by atoms with Gasteiger partial charge in [0.05, 0.1) is 5.39 Å². The summed E-state index contributed by atoms with van der Waals surface area (Å²) in [5.74, 6) is 0.240. The zero-order chi connectivity index (χ0) is 22.3. The number of carbonyl (C=O) groups excluding carboxylic acids is 1. The van der Waals surface area contributed by atoms with Crippen LogP contribution in [0.5, 0.6) is 0 Å². The van der Waals surface area contributed by atoms with Crippen LogP contribution in [0.1, 0.15) is 24.4 Å². The van der Waals surface area contributed by atoms with Gasteiger partial charge in [-0.2, -0.15) is 0 Å². The number of allylic oxidation sites excluding steroid dienone is 2. The number of aliphatic hydroxyl groups is 1. The zero-order valence-corrected chi connectivity index (χ0v) is 17.5. The van der Waals surface area contributed by atoms with E-state index in [1.807, 2.05) is 30.8 Å². The molecule has 1 unspecified atom stereocenters. The Morgan fingerprint density at radius 1 is 1.26 bits per heavy atom. The molecule has 0 saturated heterocycles. The van der Waals surface area contributed by atoms with Crippen molar-refractivity contribution in [2.24, 2.45) is 7.05 Å². The summed E-state index contributed by atoms with van der Waals surface area (Å²) >= 11 is 0. The van der Waals surface area contributed by atoms with Gasteiger partial charge >= 0.3 is 0 Å². The number of pyridine rings is 1. The number of nitrogens with two attached hydrogens (primary N) is 1. The number of nitrogens with zero attached hydrogens (tertiary/aromatic N) is 4. The van der Waals surface area contributed by atoms with E-state index < -0.39 is 12.0 Å². The number of halogens is 1. The quantitative estimate of drug-likeness (QED) is 0.594. The molecule has 1 aliphatic carbocycles. The summed E-state index contributed by atoms with van der Waals surface area (Å²) in [6.07, 6.45) is 4.03. The fourth-order valence-electron chi connectivity index (χ4n) is 3.76. The van der Waals surface area contributed by atoms with Gasteiger partial charge in [0.2, 0.25) is 0 Å². The molecule has 1 amide bonds. The highest BCUT2D eigenvalue weighted by molar-refractivity contribution is 6.01. The summed E-state index contributed by atoms with van der Waals surface area (Å²) in [5.41, 5.74) is 9.45. The minimum Gasteiger partial charge on any atom is -0.383 e. The molecule has 8 nitrogen and oxygen atoms in total. The van der Waals surface area contributed by atoms with Crippen LogP contribution >= 0.6 is 0 Å². The summed E-state index contributed by atoms with van der Waals surface area (Å²) in [4.78, 5) is 25.6. The molecule has 4 N–H and O–H groups in total. The van der Waals surface area contributed by atoms with E-state index in [0.717, 1.165) is 22.2 Å². The third-order valence-electron chi connectivity index (χ3n) is 5.23. The maximum Gasteiger partial charge on any atom is 0.258 e. The highest BCUT2D eigenvalue weighted by Crippen LogP contribution is 2.34. The van der Waals surface area contributed by atoms with Crippen LogP contribution < -0.4 is 11.1 Å². The molecule has 0 bridgehead atoms. The number of aliphatic hydroxyl groups excluding tert-OH is 1. The first-order chi connectivity index (χ1) is 14.7. The molecule has 0 saturated carbocycles. The Morgan fingerprint density at radius 3 is 2.74 bits per heavy atom. The molecular weight excluding hydrogens is 399 g/mol. The van der Waals surface area contributed by atoms with E-state index in [-0.39, 0.29) is 23.6 Å². The van der Waals surface area contributed by atoms with Crippen LogP contribution in [0.2, 0.25) is 0 Å². The molecule has 31 heavy (non-hydrogen) atoms. The van der Waals surface area contributed by atoms with Crippen molar-refractivity contribution in [1.29, 1.82) is 0 Å². The van der Waals surface area contributed by atoms with Gasteiger partial charge in [0.25, 0.3) is 5.91 Å². The van der Waals surface area contributed by atoms with Crippen LogP contribution in [0.4, 0.5) is 16.0 Å². The van der Waals surface area contributed by atoms with Crippen molar-refractivity contribution in [2.75, 3.05) is 11.1 Å². The van der Waals surface area contributed by atoms with Gasteiger partial charge in [-0.1, -0.05) is 6.08 Å². The number of aryl methyl sites for hydroxylation is 3. The number of amides is 1. The van der Waals surface area contributed by atoms with Crippen molar-refractivity contribution >= 4 is 28.6 Å². The number of aromatic nitrogens is 4. The van der Waals surface area contributed by atoms with Gasteiger partial charge in [0, 0.05) is 36.5 Å². The van der Waals surface area contributed by atoms with Crippen molar-refractivity contribution in [3.05, 3.63) is 53.4 Å². The maximum atomic E-state index is 13.5. The van der Waals surface area contributed by atoms with Crippen LogP contribution in [0, 0.1) is 13.8 Å². The summed E-state index contributed by atoms with van der Waals surface area (Å²) in [6, 6.07) is 3.46. The highest BCUT2D eigenvalue weighted by atomic mass is 19.1. The van der Waals surface area contributed by atoms with Crippen LogP contribution in [0.15, 0.2) is 41.9 Å². The number of hydrogen-bond acceptors (Lipinski definition) is 6. The largest absolute Gasteiger partial charge is 0.383 e. The van der Waals surface area contributed by atoms with E-state index in [1.54, 1.807) is 19.1 Å². The van der Waals surface area contributed by atoms with Crippen LogP contribution in [0.25, 0.3) is 22.2 Å². The second kappa shape index (κ2) is 7.92. The van der Waals surface area contributed by atoms with Gasteiger partial charge in [0.15, 0.2) is 6.10 Å². The zero-order valence-electron chi connectivity index (χ0n) is 17.5. The summed E-state index contributed by atoms with van der Waals surface area (Å²) < 4.78 is 15.3. The molecule has 160 valence electrons. The van der Waals surface area contributed by atoms with Gasteiger partial charge in [-0.15, -0.1) is 0 Å². The molecular formula is C22H23FN6O2. The number of fused-ring (bicyclic) bond motifs is 1. The first kappa shape index (κ1) is 20.7. The Bertz CT molecular complexity index is 1260. The lowest BCUT2D eigenvalue weighted by Crippen LogP contribution is -2.29. The molecule has 4 rings (SSSR count). The third kappa shape index (κ3) is 3.91. The fourth-order valence-corrected chi connectivity index (χ4v) is 3.76. The smallest absolute Gasteiger partial charge is 0.258 e. The van der Waals surface area contributed by atoms with Crippen molar-refractivity contribution in [1.82, 2.24) is 19.5 Å². The molecule has 0 fully saturated rings. The van der Waals surface area contributed by atoms with Crippen molar-refractivity contribution in [3.63, 3.8) is 0 Å². The Kier molecular flexibility index (Phi) is 5.28. The van der Waals surface area contributed by atoms with Crippen molar-refractivity contribution in [3.8, 4) is 11.1 Å². The maximum absolute atomic E-state index is 13.5. The van der Waals surface area contributed by atoms with Crippen LogP contribution in [0.3, 0.4) is 0 Å². The average molecular weight is 422 g/mol. The fraction of sp³-hybridized carbons (Fsp3) is 0.273. The van der Waals surface area contributed by atoms with E-state index in [0.29, 0.717) is 23.8 Å². The predicted octanol–water partition coefficient (Wildman–Crippen LogP) is 3.10. The minimum absolute atomic E-state index is 0.246. The summed E-state index contributed by atoms with van der Waals surface area (Å²) in [7, 11) is 1.88. The number of nitrogen functional groups attached to an aromatic ring is 1. The molecule has 9 heteroatoms. The Hall–Kier alpha value is -3.59. The number of rotatable bonds is 4. The molecule has 3 heterocycles. The van der Waals surface area contributed by atoms with Crippen molar-refractivity contribution < 1.29 is 14.3 Å². The second-order valence-electron chi connectivity index (χ2n) is 7.56. The van der Waals surface area contributed by atoms with Crippen molar-refractivity contribution in [2.45, 2.75) is 32.8 Å². The van der Waals surface area contributed by atoms with Gasteiger partial charge in [0.1, 0.15) is 28.9 Å². The Balaban J connectivity index is 1.62. The van der Waals surface area contributed by atoms with Crippen LogP contribution in [-0.2, 0) is 11.8 Å². The lowest BCUT2D eigenvalue weighted by Gasteiger charge is -2.15. The molecule has 3 aromatic rings. The average Bonchev–Trinajstić information content (AvgIpc) is 3.04. The number of carbonyl (C=O) groups is 1. The molecule has 1 aliphatic rings. The van der Waals surface area contributed by atoms with Gasteiger partial charge in [-0.3, -0.25) is 4.79 Å². The number of anilines is 2. The third-order valence-corrected chi connectivity index (χ3v) is 5.23. The lowest BCUT2D eigenvalue weighted by atomic mass is 10.0. The van der Waals surface area contributed by atoms with Gasteiger partial charge < -0.3 is 20.7 Å². The first-order valence-corrected chi connectivity index (χ1v) is 9.87. The van der Waals surface area contributed by atoms with E-state index >= 15 is 0 Å².